The summed E-state index contributed by atoms with van der Waals surface area (Å²) < 4.78 is 16.1. The maximum absolute atomic E-state index is 11.7. The van der Waals surface area contributed by atoms with Crippen LogP contribution < -0.4 is 9.47 Å². The number of esters is 1. The predicted molar refractivity (Wildman–Crippen MR) is 84.1 cm³/mol. The van der Waals surface area contributed by atoms with Crippen LogP contribution in [0.3, 0.4) is 0 Å². The second-order valence-corrected chi connectivity index (χ2v) is 5.78. The number of quaternary nitrogens is 1. The van der Waals surface area contributed by atoms with Crippen molar-refractivity contribution in [3.05, 3.63) is 23.8 Å². The summed E-state index contributed by atoms with van der Waals surface area (Å²) in [4.78, 5) is 11.7. The summed E-state index contributed by atoms with van der Waals surface area (Å²) in [6.45, 7) is 1.08. The molecule has 6 nitrogen and oxygen atoms in total. The molecule has 0 aliphatic heterocycles. The van der Waals surface area contributed by atoms with Gasteiger partial charge >= 0.3 is 5.97 Å². The molecular formula is C16H24NO5+. The summed E-state index contributed by atoms with van der Waals surface area (Å²) in [6, 6.07) is 3.02. The van der Waals surface area contributed by atoms with Gasteiger partial charge in [-0.1, -0.05) is 0 Å². The lowest BCUT2D eigenvalue weighted by Crippen LogP contribution is -2.37. The maximum Gasteiger partial charge on any atom is 0.330 e. The molecule has 6 heteroatoms. The van der Waals surface area contributed by atoms with Crippen molar-refractivity contribution in [2.75, 3.05) is 48.5 Å². The zero-order chi connectivity index (χ0) is 16.8. The molecule has 0 fully saturated rings. The van der Waals surface area contributed by atoms with Crippen LogP contribution >= 0.6 is 0 Å². The zero-order valence-corrected chi connectivity index (χ0v) is 13.8. The van der Waals surface area contributed by atoms with Crippen molar-refractivity contribution >= 4 is 12.0 Å². The van der Waals surface area contributed by atoms with Crippen molar-refractivity contribution in [2.24, 2.45) is 0 Å². The Balaban J connectivity index is 2.74. The Morgan fingerprint density at radius 3 is 2.36 bits per heavy atom. The highest BCUT2D eigenvalue weighted by atomic mass is 16.5. The Morgan fingerprint density at radius 2 is 1.82 bits per heavy atom. The van der Waals surface area contributed by atoms with Gasteiger partial charge in [0, 0.05) is 17.7 Å². The summed E-state index contributed by atoms with van der Waals surface area (Å²) in [5.41, 5.74) is 0.612. The number of likely N-dealkylation sites (N-methyl/N-ethyl adjacent to an activating group) is 1. The van der Waals surface area contributed by atoms with Gasteiger partial charge in [0.25, 0.3) is 0 Å². The van der Waals surface area contributed by atoms with Gasteiger partial charge in [0.2, 0.25) is 0 Å². The van der Waals surface area contributed by atoms with Crippen LogP contribution in [0.1, 0.15) is 5.56 Å². The number of nitrogens with zero attached hydrogens (tertiary/aromatic N) is 1. The number of ether oxygens (including phenoxy) is 3. The fourth-order valence-corrected chi connectivity index (χ4v) is 1.66. The molecule has 0 spiro atoms. The highest BCUT2D eigenvalue weighted by molar-refractivity contribution is 5.87. The second kappa shape index (κ2) is 7.70. The average molecular weight is 310 g/mol. The number of hydrogen-bond donors (Lipinski definition) is 1. The number of methoxy groups -OCH3 is 2. The monoisotopic (exact) mass is 310 g/mol. The van der Waals surface area contributed by atoms with Crippen LogP contribution in [-0.2, 0) is 9.53 Å². The molecule has 0 radical (unpaired) electrons. The highest BCUT2D eigenvalue weighted by Crippen LogP contribution is 2.34. The van der Waals surface area contributed by atoms with Gasteiger partial charge in [-0.2, -0.15) is 0 Å². The third kappa shape index (κ3) is 5.65. The normalized spacial score (nSPS) is 11.5. The van der Waals surface area contributed by atoms with E-state index >= 15 is 0 Å². The first-order valence-electron chi connectivity index (χ1n) is 6.87. The minimum absolute atomic E-state index is 0.0259. The minimum Gasteiger partial charge on any atom is -0.504 e. The van der Waals surface area contributed by atoms with Crippen LogP contribution in [0.4, 0.5) is 0 Å². The van der Waals surface area contributed by atoms with Gasteiger partial charge < -0.3 is 23.8 Å². The molecule has 1 aromatic rings. The molecule has 0 aliphatic carbocycles. The van der Waals surface area contributed by atoms with Gasteiger partial charge in [-0.15, -0.1) is 0 Å². The van der Waals surface area contributed by atoms with Crippen molar-refractivity contribution in [2.45, 2.75) is 0 Å². The van der Waals surface area contributed by atoms with E-state index in [0.29, 0.717) is 23.7 Å². The molecule has 0 saturated heterocycles. The number of phenols is 1. The summed E-state index contributed by atoms with van der Waals surface area (Å²) in [5.74, 6) is 0.289. The lowest BCUT2D eigenvalue weighted by atomic mass is 10.1. The number of phenolic OH excluding ortho intramolecular Hbond substituents is 1. The number of carbonyl (C=O) groups is 1. The number of aromatic hydroxyl groups is 1. The number of hydrogen-bond acceptors (Lipinski definition) is 5. The average Bonchev–Trinajstić information content (AvgIpc) is 2.44. The van der Waals surface area contributed by atoms with Gasteiger partial charge in [0.1, 0.15) is 18.9 Å². The zero-order valence-electron chi connectivity index (χ0n) is 13.8. The van der Waals surface area contributed by atoms with Gasteiger partial charge in [-0.3, -0.25) is 0 Å². The van der Waals surface area contributed by atoms with E-state index in [2.05, 4.69) is 0 Å². The van der Waals surface area contributed by atoms with Crippen molar-refractivity contribution < 1.29 is 28.6 Å². The van der Waals surface area contributed by atoms with Crippen LogP contribution in [0, 0.1) is 0 Å². The van der Waals surface area contributed by atoms with Crippen LogP contribution in [-0.4, -0.2) is 64.1 Å². The molecule has 0 aromatic heterocycles. The van der Waals surface area contributed by atoms with E-state index in [9.17, 15) is 9.90 Å². The molecule has 0 atom stereocenters. The summed E-state index contributed by atoms with van der Waals surface area (Å²) >= 11 is 0. The molecular weight excluding hydrogens is 286 g/mol. The Morgan fingerprint density at radius 1 is 1.18 bits per heavy atom. The standard InChI is InChI=1S/C16H23NO5/c1-17(2,3)8-9-22-16(19)7-6-12-10-15(21-5)13(18)11-14(12)20-4/h6-7,10-11H,8-9H2,1-5H3/p+1. The lowest BCUT2D eigenvalue weighted by molar-refractivity contribution is -0.870. The van der Waals surface area contributed by atoms with Crippen LogP contribution in [0.2, 0.25) is 0 Å². The first-order chi connectivity index (χ1) is 10.3. The van der Waals surface area contributed by atoms with Gasteiger partial charge in [-0.05, 0) is 12.1 Å². The van der Waals surface area contributed by atoms with Crippen LogP contribution in [0.25, 0.3) is 6.08 Å². The molecule has 0 bridgehead atoms. The first-order valence-corrected chi connectivity index (χ1v) is 6.87. The Bertz CT molecular complexity index is 546. The molecule has 0 heterocycles. The molecule has 0 saturated carbocycles. The fraction of sp³-hybridized carbons (Fsp3) is 0.438. The van der Waals surface area contributed by atoms with E-state index in [1.807, 2.05) is 21.1 Å². The number of benzene rings is 1. The Hall–Kier alpha value is -2.21. The summed E-state index contributed by atoms with van der Waals surface area (Å²) in [6.07, 6.45) is 2.89. The quantitative estimate of drug-likeness (QED) is 0.471. The summed E-state index contributed by atoms with van der Waals surface area (Å²) in [5, 5.41) is 9.69. The maximum atomic E-state index is 11.7. The van der Waals surface area contributed by atoms with Crippen LogP contribution in [0.5, 0.6) is 17.2 Å². The number of carbonyl (C=O) groups excluding carboxylic acids is 1. The van der Waals surface area contributed by atoms with Gasteiger partial charge in [0.15, 0.2) is 11.5 Å². The van der Waals surface area contributed by atoms with E-state index in [-0.39, 0.29) is 5.75 Å². The number of rotatable bonds is 7. The SMILES string of the molecule is COc1cc(/C=C/C(=O)OCC[N+](C)(C)C)c(OC)cc1O. The summed E-state index contributed by atoms with van der Waals surface area (Å²) in [7, 11) is 9.01. The Labute approximate surface area is 131 Å². The highest BCUT2D eigenvalue weighted by Gasteiger charge is 2.10. The Kier molecular flexibility index (Phi) is 6.24. The van der Waals surface area contributed by atoms with E-state index in [4.69, 9.17) is 14.2 Å². The largest absolute Gasteiger partial charge is 0.504 e. The predicted octanol–water partition coefficient (Wildman–Crippen LogP) is 1.67. The van der Waals surface area contributed by atoms with Crippen molar-refractivity contribution in [1.82, 2.24) is 0 Å². The molecule has 0 aliphatic rings. The van der Waals surface area contributed by atoms with E-state index in [1.54, 1.807) is 12.1 Å². The van der Waals surface area contributed by atoms with E-state index < -0.39 is 5.97 Å². The third-order valence-corrected chi connectivity index (χ3v) is 2.94. The molecule has 22 heavy (non-hydrogen) atoms. The molecule has 1 rings (SSSR count). The third-order valence-electron chi connectivity index (χ3n) is 2.94. The van der Waals surface area contributed by atoms with Crippen molar-refractivity contribution in [1.29, 1.82) is 0 Å². The smallest absolute Gasteiger partial charge is 0.330 e. The van der Waals surface area contributed by atoms with E-state index in [0.717, 1.165) is 11.0 Å². The second-order valence-electron chi connectivity index (χ2n) is 5.78. The molecule has 1 aromatic carbocycles. The van der Waals surface area contributed by atoms with E-state index in [1.165, 1.54) is 26.4 Å². The fourth-order valence-electron chi connectivity index (χ4n) is 1.66. The van der Waals surface area contributed by atoms with Crippen molar-refractivity contribution in [3.63, 3.8) is 0 Å². The first kappa shape index (κ1) is 17.8. The molecule has 1 N–H and O–H groups in total. The molecule has 0 unspecified atom stereocenters. The lowest BCUT2D eigenvalue weighted by Gasteiger charge is -2.23. The molecule has 122 valence electrons. The topological polar surface area (TPSA) is 65.0 Å². The minimum atomic E-state index is -0.428. The van der Waals surface area contributed by atoms with Crippen LogP contribution in [0.15, 0.2) is 18.2 Å². The molecule has 0 amide bonds. The van der Waals surface area contributed by atoms with Gasteiger partial charge in [0.05, 0.1) is 35.4 Å². The van der Waals surface area contributed by atoms with Gasteiger partial charge in [-0.25, -0.2) is 4.79 Å². The van der Waals surface area contributed by atoms with Crippen molar-refractivity contribution in [3.8, 4) is 17.2 Å².